The largest absolute Gasteiger partial charge is 0.355 e. The van der Waals surface area contributed by atoms with Gasteiger partial charge in [-0.05, 0) is 62.4 Å². The summed E-state index contributed by atoms with van der Waals surface area (Å²) in [6, 6.07) is 17.1. The molecule has 1 amide bonds. The highest BCUT2D eigenvalue weighted by atomic mass is 16.2. The summed E-state index contributed by atoms with van der Waals surface area (Å²) in [5.74, 6) is -0.418. The minimum absolute atomic E-state index is 0.0192. The van der Waals surface area contributed by atoms with Crippen molar-refractivity contribution in [3.8, 4) is 0 Å². The molecule has 2 aromatic carbocycles. The fourth-order valence-electron chi connectivity index (χ4n) is 2.60. The number of rotatable bonds is 6. The van der Waals surface area contributed by atoms with Crippen LogP contribution in [-0.2, 0) is 0 Å². The van der Waals surface area contributed by atoms with Gasteiger partial charge in [0.1, 0.15) is 5.69 Å². The number of nitrogens with one attached hydrogen (secondary N) is 2. The molecule has 0 aliphatic heterocycles. The maximum absolute atomic E-state index is 12.5. The van der Waals surface area contributed by atoms with Crippen LogP contribution in [0.4, 0.5) is 17.1 Å². The second kappa shape index (κ2) is 8.26. The SMILES string of the molecule is CC(=O)c1ccc(NC(=O)c2cc(Nc3cccc(C(C)=O)c3)ccn2)cc1. The lowest BCUT2D eigenvalue weighted by Gasteiger charge is -2.09. The van der Waals surface area contributed by atoms with Gasteiger partial charge in [0.05, 0.1) is 0 Å². The minimum Gasteiger partial charge on any atom is -0.355 e. The van der Waals surface area contributed by atoms with E-state index in [-0.39, 0.29) is 23.2 Å². The number of nitrogens with zero attached hydrogens (tertiary/aromatic N) is 1. The molecule has 140 valence electrons. The van der Waals surface area contributed by atoms with Crippen LogP contribution in [0.2, 0.25) is 0 Å². The van der Waals surface area contributed by atoms with Crippen molar-refractivity contribution in [3.63, 3.8) is 0 Å². The monoisotopic (exact) mass is 373 g/mol. The van der Waals surface area contributed by atoms with Gasteiger partial charge in [0.15, 0.2) is 11.6 Å². The van der Waals surface area contributed by atoms with E-state index >= 15 is 0 Å². The molecule has 6 nitrogen and oxygen atoms in total. The molecule has 2 N–H and O–H groups in total. The lowest BCUT2D eigenvalue weighted by atomic mass is 10.1. The molecule has 0 spiro atoms. The van der Waals surface area contributed by atoms with E-state index in [4.69, 9.17) is 0 Å². The van der Waals surface area contributed by atoms with Crippen LogP contribution in [-0.4, -0.2) is 22.5 Å². The van der Waals surface area contributed by atoms with E-state index in [1.54, 1.807) is 54.6 Å². The van der Waals surface area contributed by atoms with E-state index in [0.29, 0.717) is 22.5 Å². The lowest BCUT2D eigenvalue weighted by Crippen LogP contribution is -2.14. The van der Waals surface area contributed by atoms with Crippen molar-refractivity contribution in [2.45, 2.75) is 13.8 Å². The Kier molecular flexibility index (Phi) is 5.60. The highest BCUT2D eigenvalue weighted by molar-refractivity contribution is 6.04. The molecule has 0 fully saturated rings. The number of benzene rings is 2. The van der Waals surface area contributed by atoms with Gasteiger partial charge in [-0.1, -0.05) is 12.1 Å². The molecule has 0 atom stereocenters. The summed E-state index contributed by atoms with van der Waals surface area (Å²) in [6.07, 6.45) is 1.53. The van der Waals surface area contributed by atoms with Crippen molar-refractivity contribution in [2.75, 3.05) is 10.6 Å². The van der Waals surface area contributed by atoms with Gasteiger partial charge in [0.25, 0.3) is 5.91 Å². The quantitative estimate of drug-likeness (QED) is 0.622. The maximum atomic E-state index is 12.5. The van der Waals surface area contributed by atoms with Gasteiger partial charge in [-0.2, -0.15) is 0 Å². The Morgan fingerprint density at radius 3 is 2.11 bits per heavy atom. The second-order valence-electron chi connectivity index (χ2n) is 6.28. The smallest absolute Gasteiger partial charge is 0.274 e. The van der Waals surface area contributed by atoms with E-state index in [2.05, 4.69) is 15.6 Å². The van der Waals surface area contributed by atoms with Crippen molar-refractivity contribution in [1.29, 1.82) is 0 Å². The molecular formula is C22H19N3O3. The highest BCUT2D eigenvalue weighted by Gasteiger charge is 2.10. The van der Waals surface area contributed by atoms with Crippen LogP contribution in [0.1, 0.15) is 45.1 Å². The molecule has 0 radical (unpaired) electrons. The van der Waals surface area contributed by atoms with Crippen LogP contribution in [0.15, 0.2) is 66.9 Å². The van der Waals surface area contributed by atoms with Gasteiger partial charge in [-0.15, -0.1) is 0 Å². The first-order valence-electron chi connectivity index (χ1n) is 8.69. The van der Waals surface area contributed by atoms with Crippen LogP contribution in [0.5, 0.6) is 0 Å². The number of carbonyl (C=O) groups excluding carboxylic acids is 3. The van der Waals surface area contributed by atoms with E-state index < -0.39 is 0 Å². The molecule has 0 aliphatic rings. The lowest BCUT2D eigenvalue weighted by molar-refractivity contribution is 0.100. The fraction of sp³-hybridized carbons (Fsp3) is 0.0909. The molecule has 0 saturated carbocycles. The zero-order valence-corrected chi connectivity index (χ0v) is 15.5. The Morgan fingerprint density at radius 2 is 1.43 bits per heavy atom. The number of ketones is 2. The van der Waals surface area contributed by atoms with Gasteiger partial charge in [0.2, 0.25) is 0 Å². The molecule has 28 heavy (non-hydrogen) atoms. The van der Waals surface area contributed by atoms with Crippen LogP contribution in [0.3, 0.4) is 0 Å². The standard InChI is InChI=1S/C22H19N3O3/c1-14(26)16-6-8-18(9-7-16)25-22(28)21-13-20(10-11-23-21)24-19-5-3-4-17(12-19)15(2)27/h3-13H,1-2H3,(H,23,24)(H,25,28). The number of hydrogen-bond acceptors (Lipinski definition) is 5. The molecule has 3 rings (SSSR count). The molecule has 0 aliphatic carbocycles. The normalized spacial score (nSPS) is 10.2. The number of anilines is 3. The summed E-state index contributed by atoms with van der Waals surface area (Å²) >= 11 is 0. The second-order valence-corrected chi connectivity index (χ2v) is 6.28. The Balaban J connectivity index is 1.73. The van der Waals surface area contributed by atoms with Crippen molar-refractivity contribution in [3.05, 3.63) is 83.7 Å². The number of Topliss-reactive ketones (excluding diaryl/α,β-unsaturated/α-hetero) is 2. The van der Waals surface area contributed by atoms with Crippen LogP contribution < -0.4 is 10.6 Å². The van der Waals surface area contributed by atoms with E-state index in [1.165, 1.54) is 20.0 Å². The first kappa shape index (κ1) is 19.0. The number of pyridine rings is 1. The van der Waals surface area contributed by atoms with Crippen molar-refractivity contribution >= 4 is 34.5 Å². The average molecular weight is 373 g/mol. The molecule has 3 aromatic rings. The Hall–Kier alpha value is -3.80. The molecule has 0 saturated heterocycles. The molecule has 1 aromatic heterocycles. The minimum atomic E-state index is -0.364. The van der Waals surface area contributed by atoms with Gasteiger partial charge < -0.3 is 10.6 Å². The average Bonchev–Trinajstić information content (AvgIpc) is 2.69. The number of aromatic nitrogens is 1. The molecule has 1 heterocycles. The third-order valence-corrected chi connectivity index (χ3v) is 4.10. The van der Waals surface area contributed by atoms with Gasteiger partial charge in [-0.3, -0.25) is 19.4 Å². The molecule has 0 unspecified atom stereocenters. The summed E-state index contributed by atoms with van der Waals surface area (Å²) in [4.78, 5) is 39.4. The Labute approximate surface area is 162 Å². The third kappa shape index (κ3) is 4.67. The highest BCUT2D eigenvalue weighted by Crippen LogP contribution is 2.19. The summed E-state index contributed by atoms with van der Waals surface area (Å²) in [6.45, 7) is 3.00. The summed E-state index contributed by atoms with van der Waals surface area (Å²) in [7, 11) is 0. The van der Waals surface area contributed by atoms with E-state index in [1.807, 2.05) is 6.07 Å². The van der Waals surface area contributed by atoms with E-state index in [0.717, 1.165) is 5.69 Å². The van der Waals surface area contributed by atoms with Crippen LogP contribution in [0.25, 0.3) is 0 Å². The van der Waals surface area contributed by atoms with Crippen LogP contribution in [0, 0.1) is 0 Å². The number of amides is 1. The third-order valence-electron chi connectivity index (χ3n) is 4.10. The van der Waals surface area contributed by atoms with E-state index in [9.17, 15) is 14.4 Å². The number of hydrogen-bond donors (Lipinski definition) is 2. The summed E-state index contributed by atoms with van der Waals surface area (Å²) in [5.41, 5.74) is 3.41. The molecule has 0 bridgehead atoms. The predicted molar refractivity (Wildman–Crippen MR) is 108 cm³/mol. The maximum Gasteiger partial charge on any atom is 0.274 e. The van der Waals surface area contributed by atoms with Gasteiger partial charge in [-0.25, -0.2) is 0 Å². The zero-order chi connectivity index (χ0) is 20.1. The Morgan fingerprint density at radius 1 is 0.750 bits per heavy atom. The summed E-state index contributed by atoms with van der Waals surface area (Å²) < 4.78 is 0. The summed E-state index contributed by atoms with van der Waals surface area (Å²) in [5, 5.41) is 5.92. The first-order chi connectivity index (χ1) is 13.4. The van der Waals surface area contributed by atoms with Gasteiger partial charge >= 0.3 is 0 Å². The van der Waals surface area contributed by atoms with Crippen molar-refractivity contribution in [1.82, 2.24) is 4.98 Å². The molecule has 6 heteroatoms. The topological polar surface area (TPSA) is 88.2 Å². The van der Waals surface area contributed by atoms with Crippen molar-refractivity contribution in [2.24, 2.45) is 0 Å². The Bertz CT molecular complexity index is 1040. The predicted octanol–water partition coefficient (Wildman–Crippen LogP) is 4.48. The number of carbonyl (C=O) groups is 3. The zero-order valence-electron chi connectivity index (χ0n) is 15.5. The molecular weight excluding hydrogens is 354 g/mol. The van der Waals surface area contributed by atoms with Gasteiger partial charge in [0, 0.05) is 34.4 Å². The van der Waals surface area contributed by atoms with Crippen molar-refractivity contribution < 1.29 is 14.4 Å². The van der Waals surface area contributed by atoms with Crippen LogP contribution >= 0.6 is 0 Å². The fourth-order valence-corrected chi connectivity index (χ4v) is 2.60. The first-order valence-corrected chi connectivity index (χ1v) is 8.69.